The second-order valence-corrected chi connectivity index (χ2v) is 5.55. The first-order valence-corrected chi connectivity index (χ1v) is 6.72. The quantitative estimate of drug-likeness (QED) is 0.884. The summed E-state index contributed by atoms with van der Waals surface area (Å²) in [5, 5.41) is 3.06. The van der Waals surface area contributed by atoms with Crippen molar-refractivity contribution in [1.82, 2.24) is 5.32 Å². The first-order chi connectivity index (χ1) is 8.74. The summed E-state index contributed by atoms with van der Waals surface area (Å²) >= 11 is 0. The number of benzene rings is 1. The van der Waals surface area contributed by atoms with Gasteiger partial charge in [-0.2, -0.15) is 0 Å². The van der Waals surface area contributed by atoms with Crippen LogP contribution in [0.1, 0.15) is 18.9 Å². The smallest absolute Gasteiger partial charge is 0.223 e. The van der Waals surface area contributed by atoms with Crippen molar-refractivity contribution in [2.45, 2.75) is 19.8 Å². The van der Waals surface area contributed by atoms with E-state index in [2.05, 4.69) is 18.3 Å². The predicted molar refractivity (Wildman–Crippen MR) is 69.4 cm³/mol. The van der Waals surface area contributed by atoms with E-state index in [4.69, 9.17) is 4.74 Å². The van der Waals surface area contributed by atoms with Gasteiger partial charge in [-0.1, -0.05) is 25.1 Å². The molecule has 1 aliphatic carbocycles. The van der Waals surface area contributed by atoms with Crippen LogP contribution in [0.15, 0.2) is 24.3 Å². The molecule has 1 amide bonds. The molecule has 1 aliphatic heterocycles. The number of hydrogen-bond acceptors (Lipinski definition) is 2. The van der Waals surface area contributed by atoms with Gasteiger partial charge in [0.1, 0.15) is 5.75 Å². The maximum Gasteiger partial charge on any atom is 0.223 e. The fourth-order valence-electron chi connectivity index (χ4n) is 2.59. The Morgan fingerprint density at radius 1 is 1.44 bits per heavy atom. The van der Waals surface area contributed by atoms with Crippen molar-refractivity contribution in [1.29, 1.82) is 0 Å². The zero-order valence-electron chi connectivity index (χ0n) is 10.7. The van der Waals surface area contributed by atoms with Crippen LogP contribution >= 0.6 is 0 Å². The molecule has 3 heteroatoms. The Balaban J connectivity index is 1.52. The van der Waals surface area contributed by atoms with Gasteiger partial charge in [0.25, 0.3) is 0 Å². The van der Waals surface area contributed by atoms with E-state index in [1.54, 1.807) is 0 Å². The number of carbonyl (C=O) groups is 1. The lowest BCUT2D eigenvalue weighted by molar-refractivity contribution is -0.122. The van der Waals surface area contributed by atoms with Gasteiger partial charge in [-0.25, -0.2) is 0 Å². The van der Waals surface area contributed by atoms with E-state index in [1.807, 2.05) is 18.2 Å². The summed E-state index contributed by atoms with van der Waals surface area (Å²) in [6, 6.07) is 8.15. The normalized spacial score (nSPS) is 29.1. The van der Waals surface area contributed by atoms with Crippen LogP contribution in [0.3, 0.4) is 0 Å². The summed E-state index contributed by atoms with van der Waals surface area (Å²) in [5.74, 6) is 2.46. The highest BCUT2D eigenvalue weighted by atomic mass is 16.5. The second-order valence-electron chi connectivity index (χ2n) is 5.55. The Kier molecular flexibility index (Phi) is 2.98. The Bertz CT molecular complexity index is 458. The third kappa shape index (κ3) is 2.35. The van der Waals surface area contributed by atoms with Crippen LogP contribution < -0.4 is 10.1 Å². The van der Waals surface area contributed by atoms with Crippen molar-refractivity contribution in [3.05, 3.63) is 29.8 Å². The molecule has 0 saturated heterocycles. The predicted octanol–water partition coefficient (Wildman–Crippen LogP) is 2.01. The summed E-state index contributed by atoms with van der Waals surface area (Å²) in [4.78, 5) is 11.8. The maximum atomic E-state index is 11.8. The van der Waals surface area contributed by atoms with Crippen molar-refractivity contribution in [2.24, 2.45) is 17.8 Å². The standard InChI is InChI=1S/C15H19NO2/c1-10-6-13(10)15(17)16-8-11-7-12-4-2-3-5-14(12)18-9-11/h2-5,10-11,13H,6-9H2,1H3,(H,16,17). The molecular weight excluding hydrogens is 226 g/mol. The number of hydrogen-bond donors (Lipinski definition) is 1. The fraction of sp³-hybridized carbons (Fsp3) is 0.533. The van der Waals surface area contributed by atoms with Gasteiger partial charge in [0.2, 0.25) is 5.91 Å². The van der Waals surface area contributed by atoms with Gasteiger partial charge in [-0.15, -0.1) is 0 Å². The third-order valence-electron chi connectivity index (χ3n) is 3.97. The van der Waals surface area contributed by atoms with E-state index in [0.717, 1.165) is 25.1 Å². The van der Waals surface area contributed by atoms with Crippen LogP contribution in [0.4, 0.5) is 0 Å². The SMILES string of the molecule is CC1CC1C(=O)NCC1COc2ccccc2C1. The lowest BCUT2D eigenvalue weighted by Gasteiger charge is -2.25. The molecule has 1 saturated carbocycles. The highest BCUT2D eigenvalue weighted by molar-refractivity contribution is 5.81. The maximum absolute atomic E-state index is 11.8. The molecule has 1 aromatic carbocycles. The molecule has 0 spiro atoms. The average molecular weight is 245 g/mol. The number of para-hydroxylation sites is 1. The van der Waals surface area contributed by atoms with E-state index < -0.39 is 0 Å². The minimum absolute atomic E-state index is 0.223. The lowest BCUT2D eigenvalue weighted by atomic mass is 9.97. The number of nitrogens with one attached hydrogen (secondary N) is 1. The largest absolute Gasteiger partial charge is 0.493 e. The molecule has 0 bridgehead atoms. The average Bonchev–Trinajstić information content (AvgIpc) is 3.13. The van der Waals surface area contributed by atoms with Crippen LogP contribution in [-0.4, -0.2) is 19.1 Å². The zero-order chi connectivity index (χ0) is 12.5. The molecule has 1 N–H and O–H groups in total. The minimum atomic E-state index is 0.223. The van der Waals surface area contributed by atoms with Gasteiger partial charge in [-0.3, -0.25) is 4.79 Å². The third-order valence-corrected chi connectivity index (χ3v) is 3.97. The number of carbonyl (C=O) groups excluding carboxylic acids is 1. The molecule has 2 aliphatic rings. The molecule has 18 heavy (non-hydrogen) atoms. The number of amides is 1. The summed E-state index contributed by atoms with van der Waals surface area (Å²) in [6.07, 6.45) is 2.05. The summed E-state index contributed by atoms with van der Waals surface area (Å²) in [6.45, 7) is 3.57. The zero-order valence-corrected chi connectivity index (χ0v) is 10.7. The van der Waals surface area contributed by atoms with Crippen LogP contribution in [0.5, 0.6) is 5.75 Å². The Morgan fingerprint density at radius 2 is 2.22 bits per heavy atom. The summed E-state index contributed by atoms with van der Waals surface area (Å²) in [5.41, 5.74) is 1.25. The molecule has 0 aromatic heterocycles. The first-order valence-electron chi connectivity index (χ1n) is 6.72. The van der Waals surface area contributed by atoms with Crippen molar-refractivity contribution in [2.75, 3.05) is 13.2 Å². The van der Waals surface area contributed by atoms with E-state index in [-0.39, 0.29) is 11.8 Å². The van der Waals surface area contributed by atoms with Gasteiger partial charge >= 0.3 is 0 Å². The van der Waals surface area contributed by atoms with Gasteiger partial charge in [0.15, 0.2) is 0 Å². The monoisotopic (exact) mass is 245 g/mol. The van der Waals surface area contributed by atoms with Gasteiger partial charge < -0.3 is 10.1 Å². The second kappa shape index (κ2) is 4.63. The number of fused-ring (bicyclic) bond motifs is 1. The molecule has 1 aromatic rings. The van der Waals surface area contributed by atoms with Crippen molar-refractivity contribution in [3.8, 4) is 5.75 Å². The molecule has 96 valence electrons. The van der Waals surface area contributed by atoms with Crippen molar-refractivity contribution >= 4 is 5.91 Å². The number of rotatable bonds is 3. The van der Waals surface area contributed by atoms with Crippen molar-refractivity contribution in [3.63, 3.8) is 0 Å². The molecule has 3 rings (SSSR count). The summed E-state index contributed by atoms with van der Waals surface area (Å²) in [7, 11) is 0. The lowest BCUT2D eigenvalue weighted by Crippen LogP contribution is -2.35. The van der Waals surface area contributed by atoms with Crippen LogP contribution in [0, 0.1) is 17.8 Å². The van der Waals surface area contributed by atoms with Crippen LogP contribution in [-0.2, 0) is 11.2 Å². The van der Waals surface area contributed by atoms with Gasteiger partial charge in [0.05, 0.1) is 6.61 Å². The molecule has 0 radical (unpaired) electrons. The molecule has 3 nitrogen and oxygen atoms in total. The van der Waals surface area contributed by atoms with E-state index >= 15 is 0 Å². The summed E-state index contributed by atoms with van der Waals surface area (Å²) < 4.78 is 5.71. The Morgan fingerprint density at radius 3 is 3.00 bits per heavy atom. The molecule has 3 atom stereocenters. The number of ether oxygens (including phenoxy) is 1. The highest BCUT2D eigenvalue weighted by Crippen LogP contribution is 2.37. The molecule has 3 unspecified atom stereocenters. The van der Waals surface area contributed by atoms with E-state index in [9.17, 15) is 4.79 Å². The van der Waals surface area contributed by atoms with E-state index in [0.29, 0.717) is 18.4 Å². The fourth-order valence-corrected chi connectivity index (χ4v) is 2.59. The van der Waals surface area contributed by atoms with Crippen molar-refractivity contribution < 1.29 is 9.53 Å². The van der Waals surface area contributed by atoms with Gasteiger partial charge in [-0.05, 0) is 30.4 Å². The topological polar surface area (TPSA) is 38.3 Å². The Hall–Kier alpha value is -1.51. The molecule has 1 heterocycles. The molecule has 1 fully saturated rings. The Labute approximate surface area is 108 Å². The van der Waals surface area contributed by atoms with E-state index in [1.165, 1.54) is 5.56 Å². The van der Waals surface area contributed by atoms with Crippen LogP contribution in [0.2, 0.25) is 0 Å². The van der Waals surface area contributed by atoms with Crippen LogP contribution in [0.25, 0.3) is 0 Å². The highest BCUT2D eigenvalue weighted by Gasteiger charge is 2.39. The first kappa shape index (κ1) is 11.6. The molecular formula is C15H19NO2. The van der Waals surface area contributed by atoms with Gasteiger partial charge in [0, 0.05) is 18.4 Å². The minimum Gasteiger partial charge on any atom is -0.493 e.